The van der Waals surface area contributed by atoms with E-state index < -0.39 is 0 Å². The monoisotopic (exact) mass is 233 g/mol. The van der Waals surface area contributed by atoms with Gasteiger partial charge in [-0.3, -0.25) is 0 Å². The van der Waals surface area contributed by atoms with Gasteiger partial charge in [0.25, 0.3) is 0 Å². The first-order chi connectivity index (χ1) is 7.84. The van der Waals surface area contributed by atoms with Crippen molar-refractivity contribution in [3.05, 3.63) is 54.0 Å². The van der Waals surface area contributed by atoms with E-state index in [2.05, 4.69) is 12.1 Å². The lowest BCUT2D eigenvalue weighted by Gasteiger charge is -2.01. The molecular formula is C13H15NOS. The Balaban J connectivity index is 1.70. The van der Waals surface area contributed by atoms with Crippen molar-refractivity contribution >= 4 is 17.4 Å². The molecule has 2 aromatic rings. The fraction of sp³-hybridized carbons (Fsp3) is 0.231. The fourth-order valence-electron chi connectivity index (χ4n) is 1.44. The molecule has 0 unspecified atom stereocenters. The van der Waals surface area contributed by atoms with Crippen molar-refractivity contribution < 1.29 is 4.42 Å². The van der Waals surface area contributed by atoms with Crippen LogP contribution in [-0.2, 0) is 12.2 Å². The molecule has 0 saturated heterocycles. The van der Waals surface area contributed by atoms with Crippen LogP contribution in [0.5, 0.6) is 0 Å². The molecule has 1 aromatic heterocycles. The van der Waals surface area contributed by atoms with Crippen LogP contribution in [0.15, 0.2) is 47.1 Å². The number of thioether (sulfide) groups is 1. The molecule has 2 rings (SSSR count). The summed E-state index contributed by atoms with van der Waals surface area (Å²) < 4.78 is 5.26. The van der Waals surface area contributed by atoms with E-state index in [0.717, 1.165) is 29.4 Å². The van der Waals surface area contributed by atoms with Gasteiger partial charge in [0.1, 0.15) is 5.76 Å². The first-order valence-electron chi connectivity index (χ1n) is 5.29. The minimum Gasteiger partial charge on any atom is -0.468 e. The molecular weight excluding hydrogens is 218 g/mol. The Bertz CT molecular complexity index is 408. The maximum atomic E-state index is 5.63. The second-order valence-corrected chi connectivity index (χ2v) is 4.73. The summed E-state index contributed by atoms with van der Waals surface area (Å²) in [4.78, 5) is 0. The van der Waals surface area contributed by atoms with E-state index in [1.165, 1.54) is 5.56 Å². The molecule has 0 aliphatic rings. The van der Waals surface area contributed by atoms with E-state index in [1.54, 1.807) is 6.26 Å². The van der Waals surface area contributed by atoms with Gasteiger partial charge in [0, 0.05) is 5.69 Å². The Morgan fingerprint density at radius 3 is 2.62 bits per heavy atom. The zero-order chi connectivity index (χ0) is 11.2. The number of furan rings is 1. The Morgan fingerprint density at radius 1 is 1.12 bits per heavy atom. The Labute approximate surface area is 99.8 Å². The van der Waals surface area contributed by atoms with E-state index in [1.807, 2.05) is 36.0 Å². The van der Waals surface area contributed by atoms with E-state index in [9.17, 15) is 0 Å². The van der Waals surface area contributed by atoms with Gasteiger partial charge in [-0.25, -0.2) is 0 Å². The maximum Gasteiger partial charge on any atom is 0.113 e. The molecule has 0 aliphatic heterocycles. The topological polar surface area (TPSA) is 39.2 Å². The van der Waals surface area contributed by atoms with Crippen molar-refractivity contribution in [3.8, 4) is 0 Å². The number of nitrogens with two attached hydrogens (primary N) is 1. The first kappa shape index (κ1) is 11.1. The molecule has 3 heteroatoms. The van der Waals surface area contributed by atoms with Crippen molar-refractivity contribution in [1.29, 1.82) is 0 Å². The van der Waals surface area contributed by atoms with Crippen LogP contribution in [0.2, 0.25) is 0 Å². The first-order valence-corrected chi connectivity index (χ1v) is 6.44. The number of hydrogen-bond donors (Lipinski definition) is 1. The third-order valence-corrected chi connectivity index (χ3v) is 3.32. The molecule has 1 aromatic carbocycles. The molecule has 0 atom stereocenters. The molecule has 84 valence electrons. The lowest BCUT2D eigenvalue weighted by molar-refractivity contribution is 0.530. The zero-order valence-electron chi connectivity index (χ0n) is 9.06. The van der Waals surface area contributed by atoms with Crippen LogP contribution < -0.4 is 5.73 Å². The Morgan fingerprint density at radius 2 is 1.94 bits per heavy atom. The highest BCUT2D eigenvalue weighted by Gasteiger charge is 1.97. The molecule has 0 aliphatic carbocycles. The van der Waals surface area contributed by atoms with Gasteiger partial charge in [-0.1, -0.05) is 12.1 Å². The summed E-state index contributed by atoms with van der Waals surface area (Å²) in [5.41, 5.74) is 7.79. The number of anilines is 1. The lowest BCUT2D eigenvalue weighted by atomic mass is 10.2. The summed E-state index contributed by atoms with van der Waals surface area (Å²) in [5, 5.41) is 0. The number of hydrogen-bond acceptors (Lipinski definition) is 3. The average Bonchev–Trinajstić information content (AvgIpc) is 2.80. The molecule has 1 heterocycles. The van der Waals surface area contributed by atoms with Crippen molar-refractivity contribution in [3.63, 3.8) is 0 Å². The minimum atomic E-state index is 0.826. The van der Waals surface area contributed by atoms with Gasteiger partial charge >= 0.3 is 0 Å². The van der Waals surface area contributed by atoms with Crippen molar-refractivity contribution in [2.45, 2.75) is 12.2 Å². The van der Waals surface area contributed by atoms with E-state index in [-0.39, 0.29) is 0 Å². The molecule has 2 nitrogen and oxygen atoms in total. The van der Waals surface area contributed by atoms with Crippen LogP contribution >= 0.6 is 11.8 Å². The predicted molar refractivity (Wildman–Crippen MR) is 69.4 cm³/mol. The van der Waals surface area contributed by atoms with Crippen LogP contribution in [0.4, 0.5) is 5.69 Å². The zero-order valence-corrected chi connectivity index (χ0v) is 9.87. The molecule has 16 heavy (non-hydrogen) atoms. The van der Waals surface area contributed by atoms with Gasteiger partial charge in [-0.2, -0.15) is 11.8 Å². The summed E-state index contributed by atoms with van der Waals surface area (Å²) >= 11 is 1.89. The summed E-state index contributed by atoms with van der Waals surface area (Å²) in [6, 6.07) is 12.0. The van der Waals surface area contributed by atoms with Gasteiger partial charge < -0.3 is 10.2 Å². The number of rotatable bonds is 5. The van der Waals surface area contributed by atoms with Crippen LogP contribution in [0, 0.1) is 0 Å². The Kier molecular flexibility index (Phi) is 3.94. The van der Waals surface area contributed by atoms with Gasteiger partial charge in [0.05, 0.1) is 12.0 Å². The van der Waals surface area contributed by atoms with Gasteiger partial charge in [-0.15, -0.1) is 0 Å². The number of benzene rings is 1. The number of nitrogen functional groups attached to an aromatic ring is 1. The lowest BCUT2D eigenvalue weighted by Crippen LogP contribution is -1.90. The highest BCUT2D eigenvalue weighted by Crippen LogP contribution is 2.15. The molecule has 0 amide bonds. The van der Waals surface area contributed by atoms with Crippen molar-refractivity contribution in [2.75, 3.05) is 11.5 Å². The summed E-state index contributed by atoms with van der Waals surface area (Å²) in [5.74, 6) is 3.09. The predicted octanol–water partition coefficient (Wildman–Crippen LogP) is 3.34. The summed E-state index contributed by atoms with van der Waals surface area (Å²) in [6.45, 7) is 0. The van der Waals surface area contributed by atoms with Gasteiger partial charge in [0.15, 0.2) is 0 Å². The quantitative estimate of drug-likeness (QED) is 0.636. The second-order valence-electron chi connectivity index (χ2n) is 3.62. The van der Waals surface area contributed by atoms with E-state index in [4.69, 9.17) is 10.2 Å². The van der Waals surface area contributed by atoms with Crippen LogP contribution in [0.1, 0.15) is 11.3 Å². The molecule has 2 N–H and O–H groups in total. The SMILES string of the molecule is Nc1ccc(CCSCc2ccco2)cc1. The van der Waals surface area contributed by atoms with Crippen molar-refractivity contribution in [1.82, 2.24) is 0 Å². The number of aryl methyl sites for hydroxylation is 1. The molecule has 0 spiro atoms. The third-order valence-electron chi connectivity index (χ3n) is 2.34. The minimum absolute atomic E-state index is 0.826. The summed E-state index contributed by atoms with van der Waals surface area (Å²) in [6.07, 6.45) is 2.79. The largest absolute Gasteiger partial charge is 0.468 e. The van der Waals surface area contributed by atoms with Crippen LogP contribution in [-0.4, -0.2) is 5.75 Å². The fourth-order valence-corrected chi connectivity index (χ4v) is 2.33. The smallest absolute Gasteiger partial charge is 0.113 e. The normalized spacial score (nSPS) is 10.5. The summed E-state index contributed by atoms with van der Waals surface area (Å²) in [7, 11) is 0. The maximum absolute atomic E-state index is 5.63. The third kappa shape index (κ3) is 3.35. The molecule has 0 fully saturated rings. The second kappa shape index (κ2) is 5.66. The van der Waals surface area contributed by atoms with Crippen LogP contribution in [0.3, 0.4) is 0 Å². The van der Waals surface area contributed by atoms with E-state index >= 15 is 0 Å². The average molecular weight is 233 g/mol. The van der Waals surface area contributed by atoms with E-state index in [0.29, 0.717) is 0 Å². The standard InChI is InChI=1S/C13H15NOS/c14-12-5-3-11(4-6-12)7-9-16-10-13-2-1-8-15-13/h1-6,8H,7,9-10,14H2. The highest BCUT2D eigenvalue weighted by molar-refractivity contribution is 7.98. The van der Waals surface area contributed by atoms with Crippen molar-refractivity contribution in [2.24, 2.45) is 0 Å². The Hall–Kier alpha value is -1.35. The molecule has 0 bridgehead atoms. The van der Waals surface area contributed by atoms with Crippen LogP contribution in [0.25, 0.3) is 0 Å². The molecule has 0 radical (unpaired) electrons. The van der Waals surface area contributed by atoms with Gasteiger partial charge in [-0.05, 0) is 42.0 Å². The van der Waals surface area contributed by atoms with Gasteiger partial charge in [0.2, 0.25) is 0 Å². The highest BCUT2D eigenvalue weighted by atomic mass is 32.2. The molecule has 0 saturated carbocycles.